The fraction of sp³-hybridized carbons (Fsp3) is 0.235. The van der Waals surface area contributed by atoms with Crippen molar-refractivity contribution in [2.75, 3.05) is 12.4 Å². The zero-order valence-electron chi connectivity index (χ0n) is 15.2. The maximum absolute atomic E-state index is 12.7. The van der Waals surface area contributed by atoms with E-state index in [0.717, 1.165) is 5.56 Å². The summed E-state index contributed by atoms with van der Waals surface area (Å²) in [5, 5.41) is 15.6. The number of benzene rings is 1. The summed E-state index contributed by atoms with van der Waals surface area (Å²) in [6.45, 7) is 3.53. The number of nitrogens with zero attached hydrogens (tertiary/aromatic N) is 3. The molecule has 0 fully saturated rings. The topological polar surface area (TPSA) is 92.3 Å². The van der Waals surface area contributed by atoms with E-state index in [9.17, 15) is 13.2 Å². The molecule has 28 heavy (non-hydrogen) atoms. The van der Waals surface area contributed by atoms with Crippen LogP contribution in [0, 0.1) is 0 Å². The minimum Gasteiger partial charge on any atom is -0.296 e. The zero-order chi connectivity index (χ0) is 20.5. The molecule has 1 N–H and O–H groups in total. The van der Waals surface area contributed by atoms with Crippen molar-refractivity contribution < 1.29 is 13.2 Å². The Kier molecular flexibility index (Phi) is 6.15. The number of anilines is 1. The van der Waals surface area contributed by atoms with Gasteiger partial charge in [-0.1, -0.05) is 22.9 Å². The Balaban J connectivity index is 1.86. The smallest absolute Gasteiger partial charge is 0.259 e. The first-order chi connectivity index (χ1) is 13.2. The van der Waals surface area contributed by atoms with E-state index in [1.807, 2.05) is 16.8 Å². The maximum Gasteiger partial charge on any atom is 0.259 e. The van der Waals surface area contributed by atoms with Gasteiger partial charge in [-0.25, -0.2) is 8.42 Å². The summed E-state index contributed by atoms with van der Waals surface area (Å²) >= 11 is 8.89. The summed E-state index contributed by atoms with van der Waals surface area (Å²) in [6.07, 6.45) is 0. The van der Waals surface area contributed by atoms with Crippen molar-refractivity contribution in [1.29, 1.82) is 0 Å². The van der Waals surface area contributed by atoms with E-state index in [0.29, 0.717) is 10.1 Å². The molecule has 2 aromatic heterocycles. The summed E-state index contributed by atoms with van der Waals surface area (Å²) < 4.78 is 26.6. The van der Waals surface area contributed by atoms with Crippen molar-refractivity contribution in [3.8, 4) is 10.6 Å². The highest BCUT2D eigenvalue weighted by Gasteiger charge is 2.25. The van der Waals surface area contributed by atoms with Crippen LogP contribution >= 0.6 is 34.3 Å². The van der Waals surface area contributed by atoms with Gasteiger partial charge < -0.3 is 0 Å². The maximum atomic E-state index is 12.7. The molecule has 0 atom stereocenters. The Morgan fingerprint density at radius 1 is 1.25 bits per heavy atom. The van der Waals surface area contributed by atoms with E-state index < -0.39 is 15.9 Å². The molecule has 0 saturated heterocycles. The van der Waals surface area contributed by atoms with Crippen molar-refractivity contribution >= 4 is 55.3 Å². The standard InChI is InChI=1S/C17H17ClN4O3S3/c1-10(2)22(3)28(24,25)12-4-5-14(18)13(8-12)15(23)19-17-21-20-16(27-17)11-6-7-26-9-11/h4-10H,1-3H3,(H,19,21,23). The first-order valence-corrected chi connectivity index (χ1v) is 11.7. The van der Waals surface area contributed by atoms with E-state index in [2.05, 4.69) is 15.5 Å². The largest absolute Gasteiger partial charge is 0.296 e. The molecule has 11 heteroatoms. The quantitative estimate of drug-likeness (QED) is 0.600. The second-order valence-corrected chi connectivity index (χ2v) is 10.3. The molecule has 0 aliphatic rings. The van der Waals surface area contributed by atoms with E-state index in [-0.39, 0.29) is 21.5 Å². The summed E-state index contributed by atoms with van der Waals surface area (Å²) in [5.41, 5.74) is 0.970. The van der Waals surface area contributed by atoms with Crippen LogP contribution in [0.25, 0.3) is 10.6 Å². The summed E-state index contributed by atoms with van der Waals surface area (Å²) in [6, 6.07) is 5.73. The van der Waals surface area contributed by atoms with Crippen LogP contribution in [0.1, 0.15) is 24.2 Å². The van der Waals surface area contributed by atoms with Gasteiger partial charge in [0.15, 0.2) is 0 Å². The normalized spacial score (nSPS) is 11.9. The Bertz CT molecular complexity index is 1090. The molecular weight excluding hydrogens is 440 g/mol. The van der Waals surface area contributed by atoms with Gasteiger partial charge in [0.2, 0.25) is 15.2 Å². The summed E-state index contributed by atoms with van der Waals surface area (Å²) in [4.78, 5) is 12.6. The highest BCUT2D eigenvalue weighted by molar-refractivity contribution is 7.89. The van der Waals surface area contributed by atoms with Gasteiger partial charge >= 0.3 is 0 Å². The molecule has 0 aliphatic heterocycles. The van der Waals surface area contributed by atoms with Gasteiger partial charge in [-0.2, -0.15) is 15.6 Å². The van der Waals surface area contributed by atoms with Gasteiger partial charge in [-0.05, 0) is 43.5 Å². The van der Waals surface area contributed by atoms with Crippen LogP contribution in [0.2, 0.25) is 5.02 Å². The van der Waals surface area contributed by atoms with Crippen molar-refractivity contribution in [2.24, 2.45) is 0 Å². The number of thiophene rings is 1. The molecule has 0 bridgehead atoms. The number of rotatable bonds is 6. The van der Waals surface area contributed by atoms with E-state index >= 15 is 0 Å². The van der Waals surface area contributed by atoms with Gasteiger partial charge in [0.25, 0.3) is 5.91 Å². The lowest BCUT2D eigenvalue weighted by molar-refractivity contribution is 0.102. The van der Waals surface area contributed by atoms with Crippen molar-refractivity contribution in [2.45, 2.75) is 24.8 Å². The van der Waals surface area contributed by atoms with Crippen LogP contribution in [-0.2, 0) is 10.0 Å². The number of carbonyl (C=O) groups is 1. The Labute approximate surface area is 176 Å². The summed E-state index contributed by atoms with van der Waals surface area (Å²) in [5.74, 6) is -0.553. The Morgan fingerprint density at radius 3 is 2.64 bits per heavy atom. The Hall–Kier alpha value is -1.85. The molecule has 3 aromatic rings. The molecule has 1 aromatic carbocycles. The first kappa shape index (κ1) is 20.9. The highest BCUT2D eigenvalue weighted by atomic mass is 35.5. The Morgan fingerprint density at radius 2 is 2.00 bits per heavy atom. The fourth-order valence-electron chi connectivity index (χ4n) is 2.22. The average Bonchev–Trinajstić information content (AvgIpc) is 3.32. The van der Waals surface area contributed by atoms with E-state index in [1.165, 1.54) is 52.2 Å². The lowest BCUT2D eigenvalue weighted by atomic mass is 10.2. The average molecular weight is 457 g/mol. The molecule has 7 nitrogen and oxygen atoms in total. The number of nitrogens with one attached hydrogen (secondary N) is 1. The predicted octanol–water partition coefficient (Wildman–Crippen LogP) is 4.20. The van der Waals surface area contributed by atoms with Crippen LogP contribution in [-0.4, -0.2) is 41.9 Å². The first-order valence-electron chi connectivity index (χ1n) is 8.15. The molecule has 148 valence electrons. The number of carbonyl (C=O) groups excluding carboxylic acids is 1. The van der Waals surface area contributed by atoms with Crippen molar-refractivity contribution in [1.82, 2.24) is 14.5 Å². The number of hydrogen-bond donors (Lipinski definition) is 1. The molecule has 0 radical (unpaired) electrons. The second-order valence-electron chi connectivity index (χ2n) is 6.14. The molecule has 0 saturated carbocycles. The number of halogens is 1. The van der Waals surface area contributed by atoms with Gasteiger partial charge in [0.1, 0.15) is 5.01 Å². The van der Waals surface area contributed by atoms with Crippen LogP contribution in [0.15, 0.2) is 39.9 Å². The fourth-order valence-corrected chi connectivity index (χ4v) is 5.27. The molecule has 0 spiro atoms. The third-order valence-electron chi connectivity index (χ3n) is 4.00. The van der Waals surface area contributed by atoms with Crippen LogP contribution < -0.4 is 5.32 Å². The highest BCUT2D eigenvalue weighted by Crippen LogP contribution is 2.29. The SMILES string of the molecule is CC(C)N(C)S(=O)(=O)c1ccc(Cl)c(C(=O)Nc2nnc(-c3ccsc3)s2)c1. The number of sulfonamides is 1. The third-order valence-corrected chi connectivity index (χ3v) is 7.93. The van der Waals surface area contributed by atoms with E-state index in [1.54, 1.807) is 13.8 Å². The van der Waals surface area contributed by atoms with Crippen LogP contribution in [0.3, 0.4) is 0 Å². The van der Waals surface area contributed by atoms with Gasteiger partial charge in [0, 0.05) is 24.0 Å². The molecular formula is C17H17ClN4O3S3. The molecule has 2 heterocycles. The summed E-state index contributed by atoms with van der Waals surface area (Å²) in [7, 11) is -2.25. The zero-order valence-corrected chi connectivity index (χ0v) is 18.4. The molecule has 3 rings (SSSR count). The van der Waals surface area contributed by atoms with Gasteiger partial charge in [-0.15, -0.1) is 10.2 Å². The number of amides is 1. The third kappa shape index (κ3) is 4.26. The van der Waals surface area contributed by atoms with Crippen molar-refractivity contribution in [3.63, 3.8) is 0 Å². The molecule has 0 aliphatic carbocycles. The van der Waals surface area contributed by atoms with Crippen molar-refractivity contribution in [3.05, 3.63) is 45.6 Å². The second kappa shape index (κ2) is 8.26. The van der Waals surface area contributed by atoms with Gasteiger partial charge in [-0.3, -0.25) is 10.1 Å². The number of aromatic nitrogens is 2. The lowest BCUT2D eigenvalue weighted by Crippen LogP contribution is -2.33. The molecule has 1 amide bonds. The molecule has 0 unspecified atom stereocenters. The van der Waals surface area contributed by atoms with Crippen LogP contribution in [0.4, 0.5) is 5.13 Å². The lowest BCUT2D eigenvalue weighted by Gasteiger charge is -2.21. The predicted molar refractivity (Wildman–Crippen MR) is 113 cm³/mol. The van der Waals surface area contributed by atoms with E-state index in [4.69, 9.17) is 11.6 Å². The minimum absolute atomic E-state index is 0.00511. The van der Waals surface area contributed by atoms with Gasteiger partial charge in [0.05, 0.1) is 15.5 Å². The monoisotopic (exact) mass is 456 g/mol. The minimum atomic E-state index is -3.74. The number of hydrogen-bond acceptors (Lipinski definition) is 7. The van der Waals surface area contributed by atoms with Crippen LogP contribution in [0.5, 0.6) is 0 Å².